The molecule has 1 aliphatic heterocycles. The minimum absolute atomic E-state index is 0.271. The van der Waals surface area contributed by atoms with Crippen molar-refractivity contribution in [2.45, 2.75) is 25.7 Å². The topological polar surface area (TPSA) is 87.6 Å². The van der Waals surface area contributed by atoms with Crippen molar-refractivity contribution >= 4 is 5.91 Å². The predicted octanol–water partition coefficient (Wildman–Crippen LogP) is 2.19. The van der Waals surface area contributed by atoms with E-state index in [1.165, 1.54) is 6.20 Å². The summed E-state index contributed by atoms with van der Waals surface area (Å²) >= 11 is 0. The van der Waals surface area contributed by atoms with E-state index in [1.807, 2.05) is 0 Å². The number of hydrogen-bond acceptors (Lipinski definition) is 4. The standard InChI is InChI=1S/C18H17F3N6O/c19-18(20,21)15-6-8-27(26-15)12-3-1-11(2-4-12)9-23-17(28)16-13-10-22-7-5-14(13)24-25-16/h1-4,6,8,22H,5,7,9-10H2,(H,23,28)(H,24,25). The molecule has 0 atom stereocenters. The van der Waals surface area contributed by atoms with Gasteiger partial charge in [-0.05, 0) is 23.8 Å². The minimum atomic E-state index is -4.48. The quantitative estimate of drug-likeness (QED) is 0.637. The van der Waals surface area contributed by atoms with E-state index in [0.717, 1.165) is 40.5 Å². The zero-order valence-corrected chi connectivity index (χ0v) is 14.7. The molecule has 3 N–H and O–H groups in total. The second kappa shape index (κ2) is 7.12. The number of nitrogens with one attached hydrogen (secondary N) is 3. The zero-order chi connectivity index (χ0) is 19.7. The Hall–Kier alpha value is -3.14. The van der Waals surface area contributed by atoms with Crippen molar-refractivity contribution in [2.24, 2.45) is 0 Å². The molecule has 0 radical (unpaired) electrons. The van der Waals surface area contributed by atoms with Crippen LogP contribution in [0.2, 0.25) is 0 Å². The molecule has 10 heteroatoms. The lowest BCUT2D eigenvalue weighted by Gasteiger charge is -2.13. The highest BCUT2D eigenvalue weighted by Gasteiger charge is 2.33. The molecule has 4 rings (SSSR count). The summed E-state index contributed by atoms with van der Waals surface area (Å²) in [4.78, 5) is 12.4. The normalized spacial score (nSPS) is 14.0. The second-order valence-electron chi connectivity index (χ2n) is 6.45. The van der Waals surface area contributed by atoms with Crippen molar-refractivity contribution in [3.8, 4) is 5.69 Å². The van der Waals surface area contributed by atoms with Gasteiger partial charge in [0.05, 0.1) is 5.69 Å². The monoisotopic (exact) mass is 390 g/mol. The summed E-state index contributed by atoms with van der Waals surface area (Å²) in [5, 5.41) is 16.6. The first kappa shape index (κ1) is 18.2. The van der Waals surface area contributed by atoms with Crippen molar-refractivity contribution in [1.29, 1.82) is 0 Å². The summed E-state index contributed by atoms with van der Waals surface area (Å²) in [6.07, 6.45) is -2.41. The number of aromatic amines is 1. The number of benzene rings is 1. The third-order valence-corrected chi connectivity index (χ3v) is 4.55. The van der Waals surface area contributed by atoms with Crippen LogP contribution in [0.4, 0.5) is 13.2 Å². The Labute approximate surface area is 157 Å². The Morgan fingerprint density at radius 2 is 2.00 bits per heavy atom. The van der Waals surface area contributed by atoms with Gasteiger partial charge in [-0.15, -0.1) is 0 Å². The third-order valence-electron chi connectivity index (χ3n) is 4.55. The van der Waals surface area contributed by atoms with Crippen LogP contribution >= 0.6 is 0 Å². The van der Waals surface area contributed by atoms with Crippen molar-refractivity contribution < 1.29 is 18.0 Å². The minimum Gasteiger partial charge on any atom is -0.347 e. The fraction of sp³-hybridized carbons (Fsp3) is 0.278. The largest absolute Gasteiger partial charge is 0.435 e. The van der Waals surface area contributed by atoms with Gasteiger partial charge < -0.3 is 10.6 Å². The van der Waals surface area contributed by atoms with Crippen LogP contribution < -0.4 is 10.6 Å². The number of carbonyl (C=O) groups excluding carboxylic acids is 1. The van der Waals surface area contributed by atoms with Crippen LogP contribution in [-0.4, -0.2) is 32.4 Å². The summed E-state index contributed by atoms with van der Waals surface area (Å²) in [5.74, 6) is -0.271. The lowest BCUT2D eigenvalue weighted by Crippen LogP contribution is -2.28. The van der Waals surface area contributed by atoms with Gasteiger partial charge in [-0.2, -0.15) is 23.4 Å². The molecule has 1 amide bonds. The Balaban J connectivity index is 1.40. The summed E-state index contributed by atoms with van der Waals surface area (Å²) < 4.78 is 39.1. The predicted molar refractivity (Wildman–Crippen MR) is 93.7 cm³/mol. The Morgan fingerprint density at radius 3 is 2.71 bits per heavy atom. The maximum Gasteiger partial charge on any atom is 0.435 e. The molecule has 3 aromatic rings. The highest BCUT2D eigenvalue weighted by molar-refractivity contribution is 5.94. The van der Waals surface area contributed by atoms with E-state index in [9.17, 15) is 18.0 Å². The maximum atomic E-state index is 12.7. The molecule has 0 saturated heterocycles. The summed E-state index contributed by atoms with van der Waals surface area (Å²) in [7, 11) is 0. The number of H-pyrrole nitrogens is 1. The van der Waals surface area contributed by atoms with Gasteiger partial charge in [0.2, 0.25) is 0 Å². The number of fused-ring (bicyclic) bond motifs is 1. The number of rotatable bonds is 4. The molecule has 0 spiro atoms. The first-order chi connectivity index (χ1) is 13.4. The van der Waals surface area contributed by atoms with Crippen LogP contribution in [0.25, 0.3) is 5.69 Å². The molecule has 0 aliphatic carbocycles. The van der Waals surface area contributed by atoms with E-state index in [2.05, 4.69) is 25.9 Å². The number of hydrogen-bond donors (Lipinski definition) is 3. The van der Waals surface area contributed by atoms with Crippen molar-refractivity contribution in [1.82, 2.24) is 30.6 Å². The van der Waals surface area contributed by atoms with E-state index < -0.39 is 11.9 Å². The number of nitrogens with zero attached hydrogens (tertiary/aromatic N) is 3. The zero-order valence-electron chi connectivity index (χ0n) is 14.7. The average molecular weight is 390 g/mol. The third kappa shape index (κ3) is 3.63. The molecule has 0 fully saturated rings. The molecular weight excluding hydrogens is 373 g/mol. The van der Waals surface area contributed by atoms with Gasteiger partial charge in [0.1, 0.15) is 0 Å². The van der Waals surface area contributed by atoms with E-state index in [1.54, 1.807) is 24.3 Å². The Kier molecular flexibility index (Phi) is 4.63. The number of carbonyl (C=O) groups is 1. The lowest BCUT2D eigenvalue weighted by molar-refractivity contribution is -0.141. The van der Waals surface area contributed by atoms with Gasteiger partial charge >= 0.3 is 6.18 Å². The van der Waals surface area contributed by atoms with E-state index in [-0.39, 0.29) is 12.5 Å². The number of amides is 1. The molecule has 0 saturated carbocycles. The van der Waals surface area contributed by atoms with Crippen LogP contribution in [0.3, 0.4) is 0 Å². The smallest absolute Gasteiger partial charge is 0.347 e. The van der Waals surface area contributed by atoms with Gasteiger partial charge in [0, 0.05) is 43.5 Å². The van der Waals surface area contributed by atoms with Crippen molar-refractivity contribution in [3.05, 3.63) is 64.7 Å². The maximum absolute atomic E-state index is 12.7. The number of aromatic nitrogens is 4. The highest BCUT2D eigenvalue weighted by atomic mass is 19.4. The van der Waals surface area contributed by atoms with E-state index in [0.29, 0.717) is 17.9 Å². The summed E-state index contributed by atoms with van der Waals surface area (Å²) in [6, 6.07) is 7.68. The molecule has 1 aromatic carbocycles. The lowest BCUT2D eigenvalue weighted by atomic mass is 10.1. The SMILES string of the molecule is O=C(NCc1ccc(-n2ccc(C(F)(F)F)n2)cc1)c1n[nH]c2c1CNCC2. The molecule has 0 unspecified atom stereocenters. The van der Waals surface area contributed by atoms with Gasteiger partial charge in [-0.1, -0.05) is 12.1 Å². The Bertz CT molecular complexity index is 990. The highest BCUT2D eigenvalue weighted by Crippen LogP contribution is 2.27. The molecule has 1 aliphatic rings. The van der Waals surface area contributed by atoms with Crippen LogP contribution in [-0.2, 0) is 25.7 Å². The van der Waals surface area contributed by atoms with Crippen molar-refractivity contribution in [3.63, 3.8) is 0 Å². The van der Waals surface area contributed by atoms with Crippen LogP contribution in [0, 0.1) is 0 Å². The first-order valence-electron chi connectivity index (χ1n) is 8.69. The van der Waals surface area contributed by atoms with Crippen LogP contribution in [0.1, 0.15) is 33.0 Å². The first-order valence-corrected chi connectivity index (χ1v) is 8.69. The van der Waals surface area contributed by atoms with Crippen LogP contribution in [0.5, 0.6) is 0 Å². The average Bonchev–Trinajstić information content (AvgIpc) is 3.34. The van der Waals surface area contributed by atoms with Gasteiger partial charge in [0.25, 0.3) is 5.91 Å². The van der Waals surface area contributed by atoms with E-state index in [4.69, 9.17) is 0 Å². The van der Waals surface area contributed by atoms with Gasteiger partial charge in [-0.25, -0.2) is 4.68 Å². The van der Waals surface area contributed by atoms with Crippen molar-refractivity contribution in [2.75, 3.05) is 6.54 Å². The summed E-state index contributed by atoms with van der Waals surface area (Å²) in [6.45, 7) is 1.73. The molecule has 3 heterocycles. The molecular formula is C18H17F3N6O. The van der Waals surface area contributed by atoms with Crippen LogP contribution in [0.15, 0.2) is 36.5 Å². The fourth-order valence-corrected chi connectivity index (χ4v) is 3.06. The molecule has 7 nitrogen and oxygen atoms in total. The molecule has 0 bridgehead atoms. The number of halogens is 3. The summed E-state index contributed by atoms with van der Waals surface area (Å²) in [5.41, 5.74) is 2.61. The molecule has 28 heavy (non-hydrogen) atoms. The van der Waals surface area contributed by atoms with Gasteiger partial charge in [-0.3, -0.25) is 9.89 Å². The molecule has 146 valence electrons. The van der Waals surface area contributed by atoms with E-state index >= 15 is 0 Å². The Morgan fingerprint density at radius 1 is 1.21 bits per heavy atom. The number of alkyl halides is 3. The second-order valence-corrected chi connectivity index (χ2v) is 6.45. The fourth-order valence-electron chi connectivity index (χ4n) is 3.06. The molecule has 2 aromatic heterocycles. The van der Waals surface area contributed by atoms with Gasteiger partial charge in [0.15, 0.2) is 11.4 Å².